The standard InChI is InChI=1S/C21H24N2O/c24-20-11-12-21(18-9-5-2-6-10-18)13-14-23(19(21)15-22-20)16-17-7-3-1-4-8-17/h1-10,19H,11-16H2,(H,22,24). The van der Waals surface area contributed by atoms with Crippen LogP contribution >= 0.6 is 0 Å². The molecule has 0 bridgehead atoms. The normalized spacial score (nSPS) is 27.3. The lowest BCUT2D eigenvalue weighted by molar-refractivity contribution is -0.120. The van der Waals surface area contributed by atoms with Gasteiger partial charge in [-0.05, 0) is 30.5 Å². The molecule has 2 aliphatic heterocycles. The number of carbonyl (C=O) groups excluding carboxylic acids is 1. The maximum atomic E-state index is 12.0. The maximum Gasteiger partial charge on any atom is 0.220 e. The molecule has 4 rings (SSSR count). The summed E-state index contributed by atoms with van der Waals surface area (Å²) in [6.07, 6.45) is 2.70. The van der Waals surface area contributed by atoms with E-state index in [-0.39, 0.29) is 11.3 Å². The number of amides is 1. The second-order valence-corrected chi connectivity index (χ2v) is 7.05. The minimum absolute atomic E-state index is 0.0925. The van der Waals surface area contributed by atoms with Gasteiger partial charge in [0.25, 0.3) is 0 Å². The monoisotopic (exact) mass is 320 g/mol. The molecular formula is C21H24N2O. The van der Waals surface area contributed by atoms with Crippen LogP contribution < -0.4 is 5.32 Å². The topological polar surface area (TPSA) is 32.3 Å². The minimum Gasteiger partial charge on any atom is -0.354 e. The van der Waals surface area contributed by atoms with Gasteiger partial charge in [0, 0.05) is 31.0 Å². The fourth-order valence-corrected chi connectivity index (χ4v) is 4.52. The van der Waals surface area contributed by atoms with E-state index in [1.807, 2.05) is 0 Å². The molecule has 0 spiro atoms. The highest BCUT2D eigenvalue weighted by Gasteiger charge is 2.49. The molecule has 2 atom stereocenters. The quantitative estimate of drug-likeness (QED) is 0.942. The fraction of sp³-hybridized carbons (Fsp3) is 0.381. The van der Waals surface area contributed by atoms with Gasteiger partial charge in [-0.3, -0.25) is 9.69 Å². The average Bonchev–Trinajstić information content (AvgIpc) is 2.88. The molecule has 1 N–H and O–H groups in total. The van der Waals surface area contributed by atoms with Gasteiger partial charge in [0.15, 0.2) is 0 Å². The highest BCUT2D eigenvalue weighted by molar-refractivity contribution is 5.76. The Morgan fingerprint density at radius 1 is 1.00 bits per heavy atom. The molecule has 2 unspecified atom stereocenters. The van der Waals surface area contributed by atoms with Crippen molar-refractivity contribution in [3.63, 3.8) is 0 Å². The van der Waals surface area contributed by atoms with Crippen LogP contribution in [0.1, 0.15) is 30.4 Å². The zero-order valence-electron chi connectivity index (χ0n) is 13.9. The molecule has 0 radical (unpaired) electrons. The van der Waals surface area contributed by atoms with Gasteiger partial charge in [0.2, 0.25) is 5.91 Å². The van der Waals surface area contributed by atoms with Gasteiger partial charge in [0.1, 0.15) is 0 Å². The van der Waals surface area contributed by atoms with E-state index in [1.54, 1.807) is 0 Å². The molecule has 3 nitrogen and oxygen atoms in total. The minimum atomic E-state index is 0.0925. The van der Waals surface area contributed by atoms with Crippen molar-refractivity contribution in [3.05, 3.63) is 71.8 Å². The Kier molecular flexibility index (Phi) is 4.11. The van der Waals surface area contributed by atoms with Crippen molar-refractivity contribution in [3.8, 4) is 0 Å². The molecule has 124 valence electrons. The van der Waals surface area contributed by atoms with Gasteiger partial charge < -0.3 is 5.32 Å². The van der Waals surface area contributed by atoms with E-state index >= 15 is 0 Å². The number of hydrogen-bond donors (Lipinski definition) is 1. The molecule has 3 heteroatoms. The maximum absolute atomic E-state index is 12.0. The van der Waals surface area contributed by atoms with Crippen molar-refractivity contribution in [1.82, 2.24) is 10.2 Å². The lowest BCUT2D eigenvalue weighted by Crippen LogP contribution is -2.47. The molecule has 0 saturated carbocycles. The first-order valence-electron chi connectivity index (χ1n) is 8.88. The smallest absolute Gasteiger partial charge is 0.220 e. The SMILES string of the molecule is O=C1CCC2(c3ccccc3)CCN(Cc3ccccc3)C2CN1. The predicted octanol–water partition coefficient (Wildman–Crippen LogP) is 3.11. The third-order valence-corrected chi connectivity index (χ3v) is 5.79. The van der Waals surface area contributed by atoms with Crippen molar-refractivity contribution in [2.24, 2.45) is 0 Å². The molecule has 1 amide bonds. The fourth-order valence-electron chi connectivity index (χ4n) is 4.52. The summed E-state index contributed by atoms with van der Waals surface area (Å²) in [6.45, 7) is 2.79. The zero-order valence-corrected chi connectivity index (χ0v) is 13.9. The van der Waals surface area contributed by atoms with E-state index in [0.29, 0.717) is 12.5 Å². The summed E-state index contributed by atoms with van der Waals surface area (Å²) in [5.74, 6) is 0.194. The lowest BCUT2D eigenvalue weighted by atomic mass is 9.71. The summed E-state index contributed by atoms with van der Waals surface area (Å²) < 4.78 is 0. The van der Waals surface area contributed by atoms with Gasteiger partial charge in [0.05, 0.1) is 0 Å². The van der Waals surface area contributed by atoms with Crippen molar-refractivity contribution < 1.29 is 4.79 Å². The molecule has 2 aromatic rings. The average molecular weight is 320 g/mol. The molecule has 2 fully saturated rings. The number of nitrogens with zero attached hydrogens (tertiary/aromatic N) is 1. The van der Waals surface area contributed by atoms with Crippen LogP contribution in [0.3, 0.4) is 0 Å². The van der Waals surface area contributed by atoms with Crippen LogP contribution in [0.4, 0.5) is 0 Å². The van der Waals surface area contributed by atoms with Crippen molar-refractivity contribution in [2.45, 2.75) is 37.3 Å². The van der Waals surface area contributed by atoms with E-state index in [0.717, 1.165) is 32.5 Å². The van der Waals surface area contributed by atoms with E-state index in [9.17, 15) is 4.79 Å². The first-order valence-corrected chi connectivity index (χ1v) is 8.88. The highest BCUT2D eigenvalue weighted by Crippen LogP contribution is 2.45. The van der Waals surface area contributed by atoms with E-state index < -0.39 is 0 Å². The van der Waals surface area contributed by atoms with Crippen LogP contribution in [0.2, 0.25) is 0 Å². The first kappa shape index (κ1) is 15.4. The molecule has 24 heavy (non-hydrogen) atoms. The number of rotatable bonds is 3. The van der Waals surface area contributed by atoms with Crippen molar-refractivity contribution in [2.75, 3.05) is 13.1 Å². The molecule has 2 heterocycles. The van der Waals surface area contributed by atoms with Crippen LogP contribution in [0.5, 0.6) is 0 Å². The summed E-state index contributed by atoms with van der Waals surface area (Å²) in [5, 5.41) is 3.15. The second-order valence-electron chi connectivity index (χ2n) is 7.05. The third kappa shape index (κ3) is 2.73. The van der Waals surface area contributed by atoms with Crippen LogP contribution in [0.15, 0.2) is 60.7 Å². The Morgan fingerprint density at radius 2 is 1.71 bits per heavy atom. The lowest BCUT2D eigenvalue weighted by Gasteiger charge is -2.37. The Balaban J connectivity index is 1.67. The molecule has 0 aliphatic carbocycles. The van der Waals surface area contributed by atoms with E-state index in [1.165, 1.54) is 11.1 Å². The Morgan fingerprint density at radius 3 is 2.46 bits per heavy atom. The zero-order chi connectivity index (χ0) is 16.4. The molecule has 2 aliphatic rings. The summed E-state index contributed by atoms with van der Waals surface area (Å²) in [4.78, 5) is 14.6. The van der Waals surface area contributed by atoms with Crippen molar-refractivity contribution in [1.29, 1.82) is 0 Å². The van der Waals surface area contributed by atoms with Crippen LogP contribution in [0, 0.1) is 0 Å². The van der Waals surface area contributed by atoms with Crippen LogP contribution in [-0.4, -0.2) is 29.9 Å². The highest BCUT2D eigenvalue weighted by atomic mass is 16.1. The summed E-state index contributed by atoms with van der Waals surface area (Å²) >= 11 is 0. The largest absolute Gasteiger partial charge is 0.354 e. The summed E-state index contributed by atoms with van der Waals surface area (Å²) in [5.41, 5.74) is 2.83. The Bertz CT molecular complexity index is 700. The number of fused-ring (bicyclic) bond motifs is 1. The predicted molar refractivity (Wildman–Crippen MR) is 95.6 cm³/mol. The number of carbonyl (C=O) groups is 1. The number of likely N-dealkylation sites (tertiary alicyclic amines) is 1. The number of nitrogens with one attached hydrogen (secondary N) is 1. The van der Waals surface area contributed by atoms with Crippen LogP contribution in [0.25, 0.3) is 0 Å². The molecule has 2 aromatic carbocycles. The van der Waals surface area contributed by atoms with Gasteiger partial charge in [-0.15, -0.1) is 0 Å². The Labute approximate surface area is 143 Å². The van der Waals surface area contributed by atoms with Crippen LogP contribution in [-0.2, 0) is 16.8 Å². The van der Waals surface area contributed by atoms with Crippen molar-refractivity contribution >= 4 is 5.91 Å². The molecule has 0 aromatic heterocycles. The van der Waals surface area contributed by atoms with Gasteiger partial charge >= 0.3 is 0 Å². The van der Waals surface area contributed by atoms with Gasteiger partial charge in [-0.25, -0.2) is 0 Å². The molecule has 2 saturated heterocycles. The van der Waals surface area contributed by atoms with Gasteiger partial charge in [-0.1, -0.05) is 60.7 Å². The summed E-state index contributed by atoms with van der Waals surface area (Å²) in [7, 11) is 0. The molecular weight excluding hydrogens is 296 g/mol. The van der Waals surface area contributed by atoms with E-state index in [2.05, 4.69) is 70.9 Å². The van der Waals surface area contributed by atoms with Gasteiger partial charge in [-0.2, -0.15) is 0 Å². The number of benzene rings is 2. The van der Waals surface area contributed by atoms with E-state index in [4.69, 9.17) is 0 Å². The third-order valence-electron chi connectivity index (χ3n) is 5.79. The number of hydrogen-bond acceptors (Lipinski definition) is 2. The second kappa shape index (κ2) is 6.40. The Hall–Kier alpha value is -2.13. The summed E-state index contributed by atoms with van der Waals surface area (Å²) in [6, 6.07) is 21.8. The first-order chi connectivity index (χ1) is 11.8.